The number of aryl methyl sites for hydroxylation is 2. The average molecular weight is 222 g/mol. The third-order valence-corrected chi connectivity index (χ3v) is 3.68. The molecule has 15 heavy (non-hydrogen) atoms. The molecule has 0 fully saturated rings. The Morgan fingerprint density at radius 3 is 2.93 bits per heavy atom. The highest BCUT2D eigenvalue weighted by Crippen LogP contribution is 2.17. The lowest BCUT2D eigenvalue weighted by atomic mass is 10.1. The summed E-state index contributed by atoms with van der Waals surface area (Å²) >= 11 is 1.73. The standard InChI is InChI=1S/C12H18N2S/c1-3-4-5-6-7-11-8-14-10(2)9-15-12(14)13-11/h8-9H,3-7H2,1-2H3. The van der Waals surface area contributed by atoms with Crippen molar-refractivity contribution in [3.05, 3.63) is 23.0 Å². The Hall–Kier alpha value is -0.830. The van der Waals surface area contributed by atoms with Gasteiger partial charge in [0, 0.05) is 17.3 Å². The summed E-state index contributed by atoms with van der Waals surface area (Å²) < 4.78 is 2.19. The maximum atomic E-state index is 4.61. The van der Waals surface area contributed by atoms with E-state index in [1.54, 1.807) is 11.3 Å². The second-order valence-corrected chi connectivity index (χ2v) is 4.91. The number of rotatable bonds is 5. The number of hydrogen-bond acceptors (Lipinski definition) is 2. The van der Waals surface area contributed by atoms with Gasteiger partial charge in [0.15, 0.2) is 4.96 Å². The van der Waals surface area contributed by atoms with Gasteiger partial charge in [-0.2, -0.15) is 0 Å². The van der Waals surface area contributed by atoms with Crippen LogP contribution in [-0.2, 0) is 6.42 Å². The van der Waals surface area contributed by atoms with Gasteiger partial charge < -0.3 is 0 Å². The van der Waals surface area contributed by atoms with Crippen LogP contribution in [-0.4, -0.2) is 9.38 Å². The zero-order chi connectivity index (χ0) is 10.7. The maximum Gasteiger partial charge on any atom is 0.194 e. The van der Waals surface area contributed by atoms with E-state index in [2.05, 4.69) is 34.8 Å². The third kappa shape index (κ3) is 2.40. The van der Waals surface area contributed by atoms with Gasteiger partial charge in [-0.15, -0.1) is 11.3 Å². The Bertz CT molecular complexity index is 428. The summed E-state index contributed by atoms with van der Waals surface area (Å²) in [5, 5.41) is 2.16. The molecule has 2 aromatic rings. The number of thiazole rings is 1. The molecule has 0 atom stereocenters. The molecule has 0 amide bonds. The summed E-state index contributed by atoms with van der Waals surface area (Å²) in [5.41, 5.74) is 2.54. The molecular formula is C12H18N2S. The molecule has 2 aromatic heterocycles. The number of hydrogen-bond donors (Lipinski definition) is 0. The van der Waals surface area contributed by atoms with Crippen LogP contribution in [0.4, 0.5) is 0 Å². The number of nitrogens with zero attached hydrogens (tertiary/aromatic N) is 2. The van der Waals surface area contributed by atoms with E-state index >= 15 is 0 Å². The Balaban J connectivity index is 1.97. The Kier molecular flexibility index (Phi) is 3.41. The summed E-state index contributed by atoms with van der Waals surface area (Å²) in [6, 6.07) is 0. The SMILES string of the molecule is CCCCCCc1cn2c(C)csc2n1. The fraction of sp³-hybridized carbons (Fsp3) is 0.583. The molecule has 0 aliphatic rings. The lowest BCUT2D eigenvalue weighted by Crippen LogP contribution is -1.85. The predicted molar refractivity (Wildman–Crippen MR) is 65.7 cm³/mol. The van der Waals surface area contributed by atoms with Crippen LogP contribution in [0.2, 0.25) is 0 Å². The second-order valence-electron chi connectivity index (χ2n) is 4.07. The molecular weight excluding hydrogens is 204 g/mol. The van der Waals surface area contributed by atoms with E-state index in [1.165, 1.54) is 37.1 Å². The van der Waals surface area contributed by atoms with Gasteiger partial charge in [-0.05, 0) is 19.8 Å². The lowest BCUT2D eigenvalue weighted by Gasteiger charge is -1.95. The molecule has 0 bridgehead atoms. The molecule has 0 saturated carbocycles. The molecule has 3 heteroatoms. The van der Waals surface area contributed by atoms with Crippen LogP contribution in [0.3, 0.4) is 0 Å². The third-order valence-electron chi connectivity index (χ3n) is 2.72. The topological polar surface area (TPSA) is 17.3 Å². The summed E-state index contributed by atoms with van der Waals surface area (Å²) in [6.07, 6.45) is 8.58. The molecule has 0 N–H and O–H groups in total. The summed E-state index contributed by atoms with van der Waals surface area (Å²) in [7, 11) is 0. The molecule has 2 rings (SSSR count). The first-order chi connectivity index (χ1) is 7.31. The average Bonchev–Trinajstić information content (AvgIpc) is 2.76. The van der Waals surface area contributed by atoms with Gasteiger partial charge in [-0.25, -0.2) is 4.98 Å². The van der Waals surface area contributed by atoms with Crippen LogP contribution in [0, 0.1) is 6.92 Å². The van der Waals surface area contributed by atoms with Crippen molar-refractivity contribution in [2.45, 2.75) is 46.0 Å². The highest BCUT2D eigenvalue weighted by Gasteiger charge is 2.04. The van der Waals surface area contributed by atoms with E-state index in [-0.39, 0.29) is 0 Å². The van der Waals surface area contributed by atoms with Crippen LogP contribution in [0.5, 0.6) is 0 Å². The molecule has 0 radical (unpaired) electrons. The highest BCUT2D eigenvalue weighted by atomic mass is 32.1. The maximum absolute atomic E-state index is 4.61. The van der Waals surface area contributed by atoms with Gasteiger partial charge >= 0.3 is 0 Å². The normalized spacial score (nSPS) is 11.3. The van der Waals surface area contributed by atoms with E-state index in [9.17, 15) is 0 Å². The first-order valence-electron chi connectivity index (χ1n) is 5.73. The van der Waals surface area contributed by atoms with Gasteiger partial charge in [0.25, 0.3) is 0 Å². The zero-order valence-electron chi connectivity index (χ0n) is 9.49. The Morgan fingerprint density at radius 1 is 1.33 bits per heavy atom. The predicted octanol–water partition coefficient (Wildman–Crippen LogP) is 3.83. The first kappa shape index (κ1) is 10.7. The number of aromatic nitrogens is 2. The Labute approximate surface area is 95.0 Å². The molecule has 0 saturated heterocycles. The Morgan fingerprint density at radius 2 is 2.20 bits per heavy atom. The van der Waals surface area contributed by atoms with Crippen LogP contribution in [0.25, 0.3) is 4.96 Å². The minimum absolute atomic E-state index is 1.13. The second kappa shape index (κ2) is 4.79. The number of unbranched alkanes of at least 4 members (excludes halogenated alkanes) is 3. The van der Waals surface area contributed by atoms with Crippen LogP contribution < -0.4 is 0 Å². The first-order valence-corrected chi connectivity index (χ1v) is 6.61. The van der Waals surface area contributed by atoms with Crippen molar-refractivity contribution in [1.29, 1.82) is 0 Å². The van der Waals surface area contributed by atoms with Crippen molar-refractivity contribution in [1.82, 2.24) is 9.38 Å². The van der Waals surface area contributed by atoms with Crippen molar-refractivity contribution < 1.29 is 0 Å². The van der Waals surface area contributed by atoms with Gasteiger partial charge in [0.2, 0.25) is 0 Å². The quantitative estimate of drug-likeness (QED) is 0.703. The minimum Gasteiger partial charge on any atom is -0.295 e. The van der Waals surface area contributed by atoms with Crippen molar-refractivity contribution >= 4 is 16.3 Å². The fourth-order valence-corrected chi connectivity index (χ4v) is 2.66. The van der Waals surface area contributed by atoms with Crippen LogP contribution in [0.15, 0.2) is 11.6 Å². The summed E-state index contributed by atoms with van der Waals surface area (Å²) in [6.45, 7) is 4.38. The number of fused-ring (bicyclic) bond motifs is 1. The highest BCUT2D eigenvalue weighted by molar-refractivity contribution is 7.15. The van der Waals surface area contributed by atoms with E-state index in [4.69, 9.17) is 0 Å². The molecule has 0 unspecified atom stereocenters. The largest absolute Gasteiger partial charge is 0.295 e. The summed E-state index contributed by atoms with van der Waals surface area (Å²) in [5.74, 6) is 0. The van der Waals surface area contributed by atoms with Crippen molar-refractivity contribution in [3.63, 3.8) is 0 Å². The van der Waals surface area contributed by atoms with Crippen molar-refractivity contribution in [2.24, 2.45) is 0 Å². The minimum atomic E-state index is 1.13. The lowest BCUT2D eigenvalue weighted by molar-refractivity contribution is 0.662. The van der Waals surface area contributed by atoms with Crippen LogP contribution >= 0.6 is 11.3 Å². The molecule has 0 aromatic carbocycles. The van der Waals surface area contributed by atoms with Crippen molar-refractivity contribution in [2.75, 3.05) is 0 Å². The van der Waals surface area contributed by atoms with Crippen LogP contribution in [0.1, 0.15) is 44.0 Å². The van der Waals surface area contributed by atoms with Gasteiger partial charge in [0.05, 0.1) is 5.69 Å². The van der Waals surface area contributed by atoms with E-state index in [0.717, 1.165) is 11.4 Å². The molecule has 82 valence electrons. The van der Waals surface area contributed by atoms with Gasteiger partial charge in [-0.3, -0.25) is 4.40 Å². The zero-order valence-corrected chi connectivity index (χ0v) is 10.3. The van der Waals surface area contributed by atoms with E-state index < -0.39 is 0 Å². The molecule has 0 aliphatic carbocycles. The van der Waals surface area contributed by atoms with Gasteiger partial charge in [-0.1, -0.05) is 26.2 Å². The van der Waals surface area contributed by atoms with Crippen molar-refractivity contribution in [3.8, 4) is 0 Å². The monoisotopic (exact) mass is 222 g/mol. The number of imidazole rings is 1. The molecule has 0 spiro atoms. The van der Waals surface area contributed by atoms with Gasteiger partial charge in [0.1, 0.15) is 0 Å². The summed E-state index contributed by atoms with van der Waals surface area (Å²) in [4.78, 5) is 5.75. The van der Waals surface area contributed by atoms with E-state index in [1.807, 2.05) is 0 Å². The van der Waals surface area contributed by atoms with E-state index in [0.29, 0.717) is 0 Å². The smallest absolute Gasteiger partial charge is 0.194 e. The molecule has 2 heterocycles. The fourth-order valence-electron chi connectivity index (χ4n) is 1.79. The molecule has 2 nitrogen and oxygen atoms in total. The molecule has 0 aliphatic heterocycles.